The van der Waals surface area contributed by atoms with Crippen LogP contribution in [0.25, 0.3) is 0 Å². The number of nitriles is 1. The minimum absolute atomic E-state index is 0.105. The van der Waals surface area contributed by atoms with Gasteiger partial charge >= 0.3 is 0 Å². The van der Waals surface area contributed by atoms with E-state index in [9.17, 15) is 4.79 Å². The molecule has 4 heteroatoms. The Labute approximate surface area is 101 Å². The number of nitrogens with zero attached hydrogens (tertiary/aromatic N) is 1. The lowest BCUT2D eigenvalue weighted by molar-refractivity contribution is -0.122. The minimum atomic E-state index is 0.105. The Balaban J connectivity index is 2.13. The van der Waals surface area contributed by atoms with Crippen molar-refractivity contribution in [1.82, 2.24) is 5.32 Å². The zero-order valence-corrected chi connectivity index (χ0v) is 9.79. The van der Waals surface area contributed by atoms with E-state index >= 15 is 0 Å². The number of para-hydroxylation sites is 1. The van der Waals surface area contributed by atoms with Crippen molar-refractivity contribution in [3.05, 3.63) is 29.3 Å². The zero-order valence-electron chi connectivity index (χ0n) is 9.79. The average molecular weight is 229 g/mol. The van der Waals surface area contributed by atoms with Crippen molar-refractivity contribution in [2.24, 2.45) is 0 Å². The number of carbonyl (C=O) groups is 1. The molecule has 1 aromatic rings. The molecule has 1 fully saturated rings. The molecule has 1 atom stereocenters. The predicted molar refractivity (Wildman–Crippen MR) is 65.5 cm³/mol. The van der Waals surface area contributed by atoms with E-state index in [1.807, 2.05) is 19.1 Å². The van der Waals surface area contributed by atoms with Gasteiger partial charge in [0.05, 0.1) is 11.3 Å². The van der Waals surface area contributed by atoms with Crippen molar-refractivity contribution in [3.8, 4) is 6.07 Å². The highest BCUT2D eigenvalue weighted by atomic mass is 16.1. The summed E-state index contributed by atoms with van der Waals surface area (Å²) in [7, 11) is 0. The van der Waals surface area contributed by atoms with Gasteiger partial charge in [-0.1, -0.05) is 12.1 Å². The number of aryl methyl sites for hydroxylation is 1. The molecule has 17 heavy (non-hydrogen) atoms. The molecule has 0 aromatic heterocycles. The van der Waals surface area contributed by atoms with E-state index in [2.05, 4.69) is 16.7 Å². The first-order valence-electron chi connectivity index (χ1n) is 5.73. The van der Waals surface area contributed by atoms with Crippen LogP contribution in [0.1, 0.15) is 24.0 Å². The molecule has 4 nitrogen and oxygen atoms in total. The van der Waals surface area contributed by atoms with Gasteiger partial charge in [0.1, 0.15) is 6.07 Å². The molecule has 1 saturated heterocycles. The van der Waals surface area contributed by atoms with Crippen molar-refractivity contribution >= 4 is 11.6 Å². The molecule has 1 aromatic carbocycles. The highest BCUT2D eigenvalue weighted by molar-refractivity contribution is 5.77. The standard InChI is InChI=1S/C13H15N3O/c1-9-3-2-4-10(7-14)13(9)16-11-5-6-12(17)15-8-11/h2-4,11,16H,5-6,8H2,1H3,(H,15,17). The number of nitrogens with one attached hydrogen (secondary N) is 2. The van der Waals surface area contributed by atoms with E-state index in [4.69, 9.17) is 5.26 Å². The molecule has 0 bridgehead atoms. The summed E-state index contributed by atoms with van der Waals surface area (Å²) < 4.78 is 0. The summed E-state index contributed by atoms with van der Waals surface area (Å²) >= 11 is 0. The minimum Gasteiger partial charge on any atom is -0.379 e. The van der Waals surface area contributed by atoms with Crippen LogP contribution in [0.3, 0.4) is 0 Å². The van der Waals surface area contributed by atoms with Crippen molar-refractivity contribution < 1.29 is 4.79 Å². The number of hydrogen-bond acceptors (Lipinski definition) is 3. The van der Waals surface area contributed by atoms with Gasteiger partial charge < -0.3 is 10.6 Å². The molecule has 88 valence electrons. The SMILES string of the molecule is Cc1cccc(C#N)c1NC1CCC(=O)NC1. The monoisotopic (exact) mass is 229 g/mol. The number of amides is 1. The maximum Gasteiger partial charge on any atom is 0.220 e. The topological polar surface area (TPSA) is 64.9 Å². The number of rotatable bonds is 2. The van der Waals surface area contributed by atoms with E-state index in [1.165, 1.54) is 0 Å². The number of hydrogen-bond donors (Lipinski definition) is 2. The molecule has 1 amide bonds. The van der Waals surface area contributed by atoms with E-state index in [0.717, 1.165) is 17.7 Å². The third-order valence-corrected chi connectivity index (χ3v) is 3.01. The van der Waals surface area contributed by atoms with Crippen LogP contribution in [0, 0.1) is 18.3 Å². The molecular formula is C13H15N3O. The van der Waals surface area contributed by atoms with Crippen molar-refractivity contribution in [3.63, 3.8) is 0 Å². The number of piperidine rings is 1. The summed E-state index contributed by atoms with van der Waals surface area (Å²) in [5.74, 6) is 0.105. The van der Waals surface area contributed by atoms with Gasteiger partial charge in [-0.3, -0.25) is 4.79 Å². The molecule has 0 aliphatic carbocycles. The lowest BCUT2D eigenvalue weighted by Gasteiger charge is -2.25. The molecule has 0 saturated carbocycles. The fraction of sp³-hybridized carbons (Fsp3) is 0.385. The zero-order chi connectivity index (χ0) is 12.3. The summed E-state index contributed by atoms with van der Waals surface area (Å²) in [5.41, 5.74) is 2.60. The van der Waals surface area contributed by atoms with Crippen LogP contribution >= 0.6 is 0 Å². The second-order valence-electron chi connectivity index (χ2n) is 4.29. The predicted octanol–water partition coefficient (Wildman–Crippen LogP) is 1.56. The molecule has 2 rings (SSSR count). The largest absolute Gasteiger partial charge is 0.379 e. The summed E-state index contributed by atoms with van der Waals surface area (Å²) in [6, 6.07) is 8.05. The Morgan fingerprint density at radius 3 is 3.00 bits per heavy atom. The highest BCUT2D eigenvalue weighted by Crippen LogP contribution is 2.22. The smallest absolute Gasteiger partial charge is 0.220 e. The fourth-order valence-corrected chi connectivity index (χ4v) is 2.01. The average Bonchev–Trinajstić information content (AvgIpc) is 2.34. The number of benzene rings is 1. The Morgan fingerprint density at radius 1 is 1.53 bits per heavy atom. The van der Waals surface area contributed by atoms with Crippen LogP contribution in [-0.4, -0.2) is 18.5 Å². The van der Waals surface area contributed by atoms with Crippen molar-refractivity contribution in [2.45, 2.75) is 25.8 Å². The van der Waals surface area contributed by atoms with Gasteiger partial charge in [0.15, 0.2) is 0 Å². The summed E-state index contributed by atoms with van der Waals surface area (Å²) in [4.78, 5) is 11.1. The van der Waals surface area contributed by atoms with Crippen LogP contribution in [0.15, 0.2) is 18.2 Å². The van der Waals surface area contributed by atoms with Gasteiger partial charge in [0.25, 0.3) is 0 Å². The molecule has 0 spiro atoms. The molecule has 1 heterocycles. The quantitative estimate of drug-likeness (QED) is 0.808. The van der Waals surface area contributed by atoms with Gasteiger partial charge in [-0.05, 0) is 25.0 Å². The lowest BCUT2D eigenvalue weighted by atomic mass is 10.0. The molecule has 1 aliphatic heterocycles. The van der Waals surface area contributed by atoms with Gasteiger partial charge in [-0.25, -0.2) is 0 Å². The highest BCUT2D eigenvalue weighted by Gasteiger charge is 2.19. The Morgan fingerprint density at radius 2 is 2.35 bits per heavy atom. The van der Waals surface area contributed by atoms with Crippen LogP contribution in [-0.2, 0) is 4.79 Å². The van der Waals surface area contributed by atoms with Gasteiger partial charge in [-0.15, -0.1) is 0 Å². The summed E-state index contributed by atoms with van der Waals surface area (Å²) in [5, 5.41) is 15.2. The first kappa shape index (κ1) is 11.5. The first-order valence-corrected chi connectivity index (χ1v) is 5.73. The van der Waals surface area contributed by atoms with Gasteiger partial charge in [0.2, 0.25) is 5.91 Å². The maximum absolute atomic E-state index is 11.1. The van der Waals surface area contributed by atoms with Crippen LogP contribution < -0.4 is 10.6 Å². The molecular weight excluding hydrogens is 214 g/mol. The third-order valence-electron chi connectivity index (χ3n) is 3.01. The lowest BCUT2D eigenvalue weighted by Crippen LogP contribution is -2.42. The Hall–Kier alpha value is -2.02. The van der Waals surface area contributed by atoms with Crippen LogP contribution in [0.2, 0.25) is 0 Å². The van der Waals surface area contributed by atoms with E-state index in [-0.39, 0.29) is 11.9 Å². The molecule has 2 N–H and O–H groups in total. The summed E-state index contributed by atoms with van der Waals surface area (Å²) in [6.07, 6.45) is 1.36. The molecule has 0 radical (unpaired) electrons. The van der Waals surface area contributed by atoms with E-state index < -0.39 is 0 Å². The second-order valence-corrected chi connectivity index (χ2v) is 4.29. The van der Waals surface area contributed by atoms with E-state index in [0.29, 0.717) is 18.5 Å². The van der Waals surface area contributed by atoms with Gasteiger partial charge in [-0.2, -0.15) is 5.26 Å². The van der Waals surface area contributed by atoms with Crippen molar-refractivity contribution in [1.29, 1.82) is 5.26 Å². The molecule has 1 unspecified atom stereocenters. The number of anilines is 1. The normalized spacial score (nSPS) is 19.3. The number of carbonyl (C=O) groups excluding carboxylic acids is 1. The van der Waals surface area contributed by atoms with Crippen LogP contribution in [0.4, 0.5) is 5.69 Å². The molecule has 1 aliphatic rings. The summed E-state index contributed by atoms with van der Waals surface area (Å²) in [6.45, 7) is 2.60. The first-order chi connectivity index (χ1) is 8.20. The van der Waals surface area contributed by atoms with Crippen LogP contribution in [0.5, 0.6) is 0 Å². The Kier molecular flexibility index (Phi) is 3.29. The fourth-order valence-electron chi connectivity index (χ4n) is 2.01. The third kappa shape index (κ3) is 2.56. The maximum atomic E-state index is 11.1. The van der Waals surface area contributed by atoms with Crippen molar-refractivity contribution in [2.75, 3.05) is 11.9 Å². The van der Waals surface area contributed by atoms with E-state index in [1.54, 1.807) is 6.07 Å². The second kappa shape index (κ2) is 4.88. The Bertz CT molecular complexity index is 466. The van der Waals surface area contributed by atoms with Gasteiger partial charge in [0, 0.05) is 19.0 Å².